The standard InChI is InChI=1S/C16H11Cl2F4NO2/c17-11-6-3-9(7-12(11)18)13(23)14(24)8-1-4-10(5-2-8)25-16(21,22)15(19)20/h1-7,13,15H,23H2. The van der Waals surface area contributed by atoms with Gasteiger partial charge in [-0.05, 0) is 42.0 Å². The second-order valence-corrected chi connectivity index (χ2v) is 5.82. The third-order valence-electron chi connectivity index (χ3n) is 3.23. The van der Waals surface area contributed by atoms with E-state index >= 15 is 0 Å². The van der Waals surface area contributed by atoms with Crippen molar-refractivity contribution in [1.29, 1.82) is 0 Å². The zero-order valence-electron chi connectivity index (χ0n) is 12.4. The van der Waals surface area contributed by atoms with Crippen LogP contribution in [0.2, 0.25) is 10.0 Å². The number of hydrogen-bond acceptors (Lipinski definition) is 3. The van der Waals surface area contributed by atoms with Gasteiger partial charge < -0.3 is 10.5 Å². The van der Waals surface area contributed by atoms with Crippen molar-refractivity contribution in [2.45, 2.75) is 18.6 Å². The predicted octanol–water partition coefficient (Wildman–Crippen LogP) is 5.11. The number of benzene rings is 2. The van der Waals surface area contributed by atoms with E-state index in [-0.39, 0.29) is 10.6 Å². The van der Waals surface area contributed by atoms with E-state index in [1.807, 2.05) is 0 Å². The molecule has 0 aromatic heterocycles. The van der Waals surface area contributed by atoms with Crippen LogP contribution in [0.1, 0.15) is 22.0 Å². The molecular formula is C16H11Cl2F4NO2. The van der Waals surface area contributed by atoms with Gasteiger partial charge in [0.05, 0.1) is 16.1 Å². The number of halogens is 6. The Kier molecular flexibility index (Phi) is 5.92. The van der Waals surface area contributed by atoms with Crippen molar-refractivity contribution in [2.75, 3.05) is 0 Å². The Labute approximate surface area is 150 Å². The van der Waals surface area contributed by atoms with Crippen LogP contribution in [0.15, 0.2) is 42.5 Å². The maximum atomic E-state index is 12.8. The van der Waals surface area contributed by atoms with Gasteiger partial charge in [0.1, 0.15) is 5.75 Å². The summed E-state index contributed by atoms with van der Waals surface area (Å²) in [5.74, 6) is -1.03. The molecule has 3 nitrogen and oxygen atoms in total. The molecule has 0 amide bonds. The van der Waals surface area contributed by atoms with Gasteiger partial charge in [0, 0.05) is 5.56 Å². The largest absolute Gasteiger partial charge is 0.461 e. The minimum atomic E-state index is -4.62. The molecule has 1 unspecified atom stereocenters. The first kappa shape index (κ1) is 19.5. The number of nitrogens with two attached hydrogens (primary N) is 1. The van der Waals surface area contributed by atoms with Crippen molar-refractivity contribution in [3.05, 3.63) is 63.6 Å². The maximum Gasteiger partial charge on any atom is 0.461 e. The van der Waals surface area contributed by atoms with E-state index in [0.29, 0.717) is 10.6 Å². The summed E-state index contributed by atoms with van der Waals surface area (Å²) in [5, 5.41) is 0.520. The summed E-state index contributed by atoms with van der Waals surface area (Å²) < 4.78 is 53.8. The molecule has 9 heteroatoms. The quantitative estimate of drug-likeness (QED) is 0.545. The van der Waals surface area contributed by atoms with Crippen LogP contribution in [0, 0.1) is 0 Å². The molecule has 0 saturated carbocycles. The Hall–Kier alpha value is -1.83. The van der Waals surface area contributed by atoms with Crippen molar-refractivity contribution in [1.82, 2.24) is 0 Å². The van der Waals surface area contributed by atoms with Gasteiger partial charge in [-0.3, -0.25) is 4.79 Å². The van der Waals surface area contributed by atoms with E-state index < -0.39 is 30.1 Å². The van der Waals surface area contributed by atoms with Crippen LogP contribution in [-0.2, 0) is 0 Å². The van der Waals surface area contributed by atoms with Crippen molar-refractivity contribution in [3.8, 4) is 5.75 Å². The summed E-state index contributed by atoms with van der Waals surface area (Å²) >= 11 is 11.7. The van der Waals surface area contributed by atoms with Crippen LogP contribution >= 0.6 is 23.2 Å². The highest BCUT2D eigenvalue weighted by molar-refractivity contribution is 6.42. The van der Waals surface area contributed by atoms with Gasteiger partial charge in [0.15, 0.2) is 5.78 Å². The van der Waals surface area contributed by atoms with Crippen molar-refractivity contribution in [3.63, 3.8) is 0 Å². The Bertz CT molecular complexity index is 769. The van der Waals surface area contributed by atoms with Gasteiger partial charge in [0.25, 0.3) is 0 Å². The topological polar surface area (TPSA) is 52.3 Å². The highest BCUT2D eigenvalue weighted by Gasteiger charge is 2.43. The molecule has 0 bridgehead atoms. The van der Waals surface area contributed by atoms with Gasteiger partial charge in [0.2, 0.25) is 0 Å². The van der Waals surface area contributed by atoms with Crippen LogP contribution in [0.25, 0.3) is 0 Å². The van der Waals surface area contributed by atoms with E-state index in [0.717, 1.165) is 24.3 Å². The SMILES string of the molecule is NC(C(=O)c1ccc(OC(F)(F)C(F)F)cc1)c1ccc(Cl)c(Cl)c1. The Balaban J connectivity index is 2.15. The third-order valence-corrected chi connectivity index (χ3v) is 3.97. The number of rotatable bonds is 6. The molecule has 0 saturated heterocycles. The molecule has 1 atom stereocenters. The molecular weight excluding hydrogens is 385 g/mol. The number of ether oxygens (including phenoxy) is 1. The molecule has 0 aliphatic heterocycles. The fourth-order valence-electron chi connectivity index (χ4n) is 1.93. The highest BCUT2D eigenvalue weighted by Crippen LogP contribution is 2.29. The highest BCUT2D eigenvalue weighted by atomic mass is 35.5. The van der Waals surface area contributed by atoms with E-state index in [1.54, 1.807) is 0 Å². The Morgan fingerprint density at radius 1 is 1.04 bits per heavy atom. The molecule has 2 rings (SSSR count). The molecule has 2 aromatic carbocycles. The average molecular weight is 396 g/mol. The van der Waals surface area contributed by atoms with Gasteiger partial charge in [-0.1, -0.05) is 29.3 Å². The Morgan fingerprint density at radius 2 is 1.64 bits per heavy atom. The number of carbonyl (C=O) groups is 1. The summed E-state index contributed by atoms with van der Waals surface area (Å²) in [7, 11) is 0. The smallest absolute Gasteiger partial charge is 0.428 e. The lowest BCUT2D eigenvalue weighted by atomic mass is 9.98. The summed E-state index contributed by atoms with van der Waals surface area (Å²) in [6.07, 6.45) is -8.60. The fourth-order valence-corrected chi connectivity index (χ4v) is 2.23. The second-order valence-electron chi connectivity index (χ2n) is 5.00. The number of ketones is 1. The molecule has 0 heterocycles. The van der Waals surface area contributed by atoms with Crippen LogP contribution in [-0.4, -0.2) is 18.3 Å². The van der Waals surface area contributed by atoms with E-state index in [2.05, 4.69) is 4.74 Å². The lowest BCUT2D eigenvalue weighted by Gasteiger charge is -2.17. The van der Waals surface area contributed by atoms with Gasteiger partial charge >= 0.3 is 12.5 Å². The first-order valence-corrected chi connectivity index (χ1v) is 7.57. The van der Waals surface area contributed by atoms with Gasteiger partial charge in [-0.25, -0.2) is 0 Å². The van der Waals surface area contributed by atoms with E-state index in [4.69, 9.17) is 28.9 Å². The zero-order chi connectivity index (χ0) is 18.8. The monoisotopic (exact) mass is 395 g/mol. The van der Waals surface area contributed by atoms with Crippen LogP contribution in [0.4, 0.5) is 17.6 Å². The van der Waals surface area contributed by atoms with Gasteiger partial charge in [-0.2, -0.15) is 17.6 Å². The minimum Gasteiger partial charge on any atom is -0.428 e. The molecule has 2 aromatic rings. The van der Waals surface area contributed by atoms with E-state index in [9.17, 15) is 22.4 Å². The predicted molar refractivity (Wildman–Crippen MR) is 85.7 cm³/mol. The molecule has 25 heavy (non-hydrogen) atoms. The van der Waals surface area contributed by atoms with Crippen molar-refractivity contribution in [2.24, 2.45) is 5.73 Å². The first-order chi connectivity index (χ1) is 11.6. The molecule has 0 fully saturated rings. The summed E-state index contributed by atoms with van der Waals surface area (Å²) in [6, 6.07) is 7.63. The molecule has 0 aliphatic carbocycles. The van der Waals surface area contributed by atoms with E-state index in [1.165, 1.54) is 18.2 Å². The van der Waals surface area contributed by atoms with Crippen LogP contribution in [0.5, 0.6) is 5.75 Å². The number of Topliss-reactive ketones (excluding diaryl/α,β-unsaturated/α-hetero) is 1. The first-order valence-electron chi connectivity index (χ1n) is 6.81. The van der Waals surface area contributed by atoms with Crippen LogP contribution in [0.3, 0.4) is 0 Å². The molecule has 2 N–H and O–H groups in total. The summed E-state index contributed by atoms with van der Waals surface area (Å²) in [5.41, 5.74) is 6.36. The molecule has 0 aliphatic rings. The minimum absolute atomic E-state index is 0.0892. The summed E-state index contributed by atoms with van der Waals surface area (Å²) in [6.45, 7) is 0. The molecule has 134 valence electrons. The zero-order valence-corrected chi connectivity index (χ0v) is 13.9. The number of hydrogen-bond donors (Lipinski definition) is 1. The molecule has 0 spiro atoms. The van der Waals surface area contributed by atoms with Crippen LogP contribution < -0.4 is 10.5 Å². The second kappa shape index (κ2) is 7.59. The average Bonchev–Trinajstić information content (AvgIpc) is 2.56. The summed E-state index contributed by atoms with van der Waals surface area (Å²) in [4.78, 5) is 12.3. The third kappa shape index (κ3) is 4.62. The van der Waals surface area contributed by atoms with Crippen molar-refractivity contribution >= 4 is 29.0 Å². The normalized spacial score (nSPS) is 13.0. The Morgan fingerprint density at radius 3 is 2.16 bits per heavy atom. The lowest BCUT2D eigenvalue weighted by Crippen LogP contribution is -2.33. The lowest BCUT2D eigenvalue weighted by molar-refractivity contribution is -0.253. The maximum absolute atomic E-state index is 12.8. The van der Waals surface area contributed by atoms with Crippen molar-refractivity contribution < 1.29 is 27.1 Å². The number of alkyl halides is 4. The fraction of sp³-hybridized carbons (Fsp3) is 0.188. The molecule has 0 radical (unpaired) electrons. The van der Waals surface area contributed by atoms with Gasteiger partial charge in [-0.15, -0.1) is 0 Å². The number of carbonyl (C=O) groups excluding carboxylic acids is 1.